The third-order valence-electron chi connectivity index (χ3n) is 8.12. The lowest BCUT2D eigenvalue weighted by molar-refractivity contribution is 0.500. The standard InChI is InChI=1S/2C9H12FN.C9H13N.C8H12N2.C8H13N.C7H11NS.5CH4/c1-9(2,3)8-5-4-7(10)6-11-8;1-9(2,3)8-7(10)5-4-6-11-8;1-9(2,3)8-6-4-5-7-10-8;1-8(2,3)7-9-5-4-6-10-7;1-8(2,3)7-5-4-6-9-7;1-7(2,3)6-8-4-5-9-6;;;;;/h2*4-6H,1-3H3;4-7H,1-3H3;4-6H,1-3H3;5-6H,4H2,1-3H3;4-5H,1-3H3;5*1H4. The minimum Gasteiger partial charge on any atom is -0.265 e. The van der Waals surface area contributed by atoms with Crippen molar-refractivity contribution in [3.63, 3.8) is 0 Å². The molecule has 0 atom stereocenters. The molecule has 6 rings (SSSR count). The normalized spacial score (nSPS) is 11.7. The third-order valence-corrected chi connectivity index (χ3v) is 9.32. The Morgan fingerprint density at radius 1 is 0.462 bits per heavy atom. The first-order chi connectivity index (χ1) is 27.4. The van der Waals surface area contributed by atoms with Crippen LogP contribution in [0.2, 0.25) is 0 Å². The fourth-order valence-electron chi connectivity index (χ4n) is 4.71. The number of rotatable bonds is 0. The lowest BCUT2D eigenvalue weighted by Crippen LogP contribution is -2.15. The van der Waals surface area contributed by atoms with Gasteiger partial charge in [0.25, 0.3) is 0 Å². The van der Waals surface area contributed by atoms with E-state index in [1.807, 2.05) is 83.7 Å². The lowest BCUT2D eigenvalue weighted by Gasteiger charge is -2.17. The molecular weight excluding hydrogens is 829 g/mol. The van der Waals surface area contributed by atoms with Crippen LogP contribution in [-0.2, 0) is 27.1 Å². The van der Waals surface area contributed by atoms with Crippen LogP contribution in [-0.4, -0.2) is 36.1 Å². The Hall–Kier alpha value is -4.57. The molecule has 0 fully saturated rings. The van der Waals surface area contributed by atoms with Crippen LogP contribution in [0.5, 0.6) is 0 Å². The Labute approximate surface area is 402 Å². The van der Waals surface area contributed by atoms with Crippen LogP contribution in [0, 0.1) is 17.0 Å². The van der Waals surface area contributed by atoms with Crippen molar-refractivity contribution in [1.82, 2.24) is 29.9 Å². The highest BCUT2D eigenvalue weighted by Crippen LogP contribution is 2.28. The van der Waals surface area contributed by atoms with Gasteiger partial charge in [-0.05, 0) is 42.5 Å². The summed E-state index contributed by atoms with van der Waals surface area (Å²) in [6, 6.07) is 14.0. The van der Waals surface area contributed by atoms with Gasteiger partial charge in [-0.1, -0.05) is 174 Å². The van der Waals surface area contributed by atoms with Crippen molar-refractivity contribution in [1.29, 1.82) is 0 Å². The van der Waals surface area contributed by atoms with Crippen LogP contribution in [0.4, 0.5) is 8.78 Å². The smallest absolute Gasteiger partial charge is 0.145 e. The van der Waals surface area contributed by atoms with Crippen molar-refractivity contribution in [2.45, 2.75) is 195 Å². The summed E-state index contributed by atoms with van der Waals surface area (Å²) in [7, 11) is 0. The zero-order chi connectivity index (χ0) is 46.0. The molecule has 6 heterocycles. The molecule has 1 aliphatic heterocycles. The fourth-order valence-corrected chi connectivity index (χ4v) is 5.44. The number of hydrogen-bond donors (Lipinski definition) is 0. The van der Waals surface area contributed by atoms with E-state index in [9.17, 15) is 8.78 Å². The van der Waals surface area contributed by atoms with Gasteiger partial charge in [0.1, 0.15) is 17.5 Å². The van der Waals surface area contributed by atoms with Crippen molar-refractivity contribution in [2.75, 3.05) is 0 Å². The van der Waals surface area contributed by atoms with Crippen molar-refractivity contribution >= 4 is 17.6 Å². The number of allylic oxidation sites excluding steroid dienone is 2. The molecule has 0 radical (unpaired) electrons. The monoisotopic (exact) mass is 922 g/mol. The number of thiazole rings is 1. The molecule has 368 valence electrons. The summed E-state index contributed by atoms with van der Waals surface area (Å²) < 4.78 is 25.4. The predicted molar refractivity (Wildman–Crippen MR) is 285 cm³/mol. The highest BCUT2D eigenvalue weighted by molar-refractivity contribution is 7.09. The molecule has 0 saturated carbocycles. The van der Waals surface area contributed by atoms with E-state index < -0.39 is 0 Å². The summed E-state index contributed by atoms with van der Waals surface area (Å²) in [6.07, 6.45) is 15.3. The van der Waals surface area contributed by atoms with Crippen LogP contribution in [0.15, 0.2) is 108 Å². The van der Waals surface area contributed by atoms with E-state index in [4.69, 9.17) is 0 Å². The summed E-state index contributed by atoms with van der Waals surface area (Å²) >= 11 is 1.72. The number of nitrogens with zero attached hydrogens (tertiary/aromatic N) is 7. The first kappa shape index (κ1) is 69.5. The van der Waals surface area contributed by atoms with Crippen molar-refractivity contribution in [3.8, 4) is 0 Å². The molecule has 0 aromatic carbocycles. The Morgan fingerprint density at radius 3 is 1.26 bits per heavy atom. The van der Waals surface area contributed by atoms with Crippen LogP contribution >= 0.6 is 11.3 Å². The summed E-state index contributed by atoms with van der Waals surface area (Å²) in [5.41, 5.74) is 4.35. The fraction of sp³-hybridized carbons (Fsp3) is 0.545. The highest BCUT2D eigenvalue weighted by atomic mass is 32.1. The SMILES string of the molecule is C.C.C.C.C.CC(C)(C)C1=CCC=N1.CC(C)(C)c1ccc(F)cn1.CC(C)(C)c1ccccn1.CC(C)(C)c1ncccc1F.CC(C)(C)c1ncccn1.CC(C)(C)c1nccs1. The molecule has 0 N–H and O–H groups in total. The van der Waals surface area contributed by atoms with Gasteiger partial charge in [-0.2, -0.15) is 0 Å². The number of pyridine rings is 3. The third kappa shape index (κ3) is 28.8. The van der Waals surface area contributed by atoms with E-state index in [1.165, 1.54) is 29.0 Å². The van der Waals surface area contributed by atoms with E-state index in [-0.39, 0.29) is 81.3 Å². The molecule has 10 heteroatoms. The molecule has 65 heavy (non-hydrogen) atoms. The first-order valence-corrected chi connectivity index (χ1v) is 21.4. The zero-order valence-corrected chi connectivity index (χ0v) is 40.6. The van der Waals surface area contributed by atoms with Crippen LogP contribution in [0.3, 0.4) is 0 Å². The van der Waals surface area contributed by atoms with Gasteiger partial charge in [0, 0.05) is 98.6 Å². The first-order valence-electron chi connectivity index (χ1n) is 20.5. The lowest BCUT2D eigenvalue weighted by atomic mass is 9.91. The Balaban J connectivity index is -0.000000218. The largest absolute Gasteiger partial charge is 0.265 e. The van der Waals surface area contributed by atoms with Gasteiger partial charge in [-0.3, -0.25) is 19.9 Å². The van der Waals surface area contributed by atoms with Gasteiger partial charge >= 0.3 is 0 Å². The predicted octanol–water partition coefficient (Wildman–Crippen LogP) is 17.2. The Morgan fingerprint density at radius 2 is 0.985 bits per heavy atom. The molecular formula is C55H93F2N7S. The second kappa shape index (κ2) is 30.6. The number of aliphatic imine (C=N–C) groups is 1. The van der Waals surface area contributed by atoms with Crippen LogP contribution in [0.1, 0.15) is 196 Å². The van der Waals surface area contributed by atoms with Gasteiger partial charge in [0.15, 0.2) is 0 Å². The molecule has 0 spiro atoms. The minimum absolute atomic E-state index is 0. The number of hydrogen-bond acceptors (Lipinski definition) is 8. The number of aromatic nitrogens is 6. The highest BCUT2D eigenvalue weighted by Gasteiger charge is 2.20. The van der Waals surface area contributed by atoms with Crippen LogP contribution < -0.4 is 0 Å². The van der Waals surface area contributed by atoms with Crippen molar-refractivity contribution in [2.24, 2.45) is 10.4 Å². The Kier molecular flexibility index (Phi) is 32.7. The van der Waals surface area contributed by atoms with Gasteiger partial charge in [0.05, 0.1) is 16.9 Å². The average Bonchev–Trinajstić information content (AvgIpc) is 3.89. The summed E-state index contributed by atoms with van der Waals surface area (Å²) in [4.78, 5) is 28.9. The van der Waals surface area contributed by atoms with E-state index in [1.54, 1.807) is 42.1 Å². The molecule has 0 unspecified atom stereocenters. The van der Waals surface area contributed by atoms with E-state index in [2.05, 4.69) is 130 Å². The van der Waals surface area contributed by atoms with Gasteiger partial charge in [-0.25, -0.2) is 23.7 Å². The van der Waals surface area contributed by atoms with E-state index in [0.29, 0.717) is 5.69 Å². The minimum atomic E-state index is -0.280. The molecule has 1 aliphatic rings. The quantitative estimate of drug-likeness (QED) is 0.154. The van der Waals surface area contributed by atoms with E-state index >= 15 is 0 Å². The second-order valence-corrected chi connectivity index (χ2v) is 21.4. The second-order valence-electron chi connectivity index (χ2n) is 20.5. The van der Waals surface area contributed by atoms with Crippen molar-refractivity contribution in [3.05, 3.63) is 142 Å². The maximum absolute atomic E-state index is 13.0. The van der Waals surface area contributed by atoms with Gasteiger partial charge in [-0.15, -0.1) is 11.3 Å². The summed E-state index contributed by atoms with van der Waals surface area (Å²) in [6.45, 7) is 37.8. The number of halogens is 2. The summed E-state index contributed by atoms with van der Waals surface area (Å²) in [5.74, 6) is 0.396. The maximum atomic E-state index is 13.0. The van der Waals surface area contributed by atoms with Gasteiger partial charge in [0.2, 0.25) is 0 Å². The molecule has 5 aromatic heterocycles. The molecule has 5 aromatic rings. The van der Waals surface area contributed by atoms with Crippen molar-refractivity contribution < 1.29 is 8.78 Å². The maximum Gasteiger partial charge on any atom is 0.145 e. The molecule has 0 saturated heterocycles. The molecule has 0 bridgehead atoms. The van der Waals surface area contributed by atoms with Crippen LogP contribution in [0.25, 0.3) is 0 Å². The Bertz CT molecular complexity index is 1920. The van der Waals surface area contributed by atoms with E-state index in [0.717, 1.165) is 23.6 Å². The topological polar surface area (TPSA) is 89.7 Å². The van der Waals surface area contributed by atoms with Gasteiger partial charge < -0.3 is 0 Å². The summed E-state index contributed by atoms with van der Waals surface area (Å²) in [5, 5.41) is 3.23. The zero-order valence-electron chi connectivity index (χ0n) is 39.8. The molecule has 0 aliphatic carbocycles. The molecule has 7 nitrogen and oxygen atoms in total. The average molecular weight is 922 g/mol. The molecule has 0 amide bonds.